The molecule has 0 spiro atoms. The van der Waals surface area contributed by atoms with E-state index in [-0.39, 0.29) is 4.75 Å². The lowest BCUT2D eigenvalue weighted by atomic mass is 10.1. The van der Waals surface area contributed by atoms with Crippen molar-refractivity contribution in [3.63, 3.8) is 0 Å². The maximum atomic E-state index is 11.5. The minimum absolute atomic E-state index is 0.145. The summed E-state index contributed by atoms with van der Waals surface area (Å²) in [7, 11) is -0.910. The second-order valence-electron chi connectivity index (χ2n) is 4.24. The minimum Gasteiger partial charge on any atom is -0.242 e. The SMILES string of the molecule is CCC(C)CNS(=O)C(C)(C)C. The van der Waals surface area contributed by atoms with Crippen molar-refractivity contribution in [2.24, 2.45) is 5.92 Å². The summed E-state index contributed by atoms with van der Waals surface area (Å²) in [5.41, 5.74) is 0. The Labute approximate surface area is 78.7 Å². The molecular formula is C9H21NOS. The summed E-state index contributed by atoms with van der Waals surface area (Å²) in [6, 6.07) is 0. The van der Waals surface area contributed by atoms with Crippen LogP contribution in [0, 0.1) is 5.92 Å². The fourth-order valence-corrected chi connectivity index (χ4v) is 1.45. The zero-order chi connectivity index (χ0) is 9.78. The average Bonchev–Trinajstić information content (AvgIpc) is 1.97. The second kappa shape index (κ2) is 4.97. The first-order valence-corrected chi connectivity index (χ1v) is 5.68. The van der Waals surface area contributed by atoms with Crippen LogP contribution in [0.5, 0.6) is 0 Å². The highest BCUT2D eigenvalue weighted by molar-refractivity contribution is 7.84. The smallest absolute Gasteiger partial charge is 0.0970 e. The van der Waals surface area contributed by atoms with Gasteiger partial charge in [-0.1, -0.05) is 20.3 Å². The van der Waals surface area contributed by atoms with Gasteiger partial charge in [0.1, 0.15) is 0 Å². The van der Waals surface area contributed by atoms with Crippen molar-refractivity contribution in [2.75, 3.05) is 6.54 Å². The summed E-state index contributed by atoms with van der Waals surface area (Å²) < 4.78 is 14.4. The first-order valence-electron chi connectivity index (χ1n) is 4.53. The predicted molar refractivity (Wildman–Crippen MR) is 55.4 cm³/mol. The minimum atomic E-state index is -0.910. The van der Waals surface area contributed by atoms with Gasteiger partial charge in [0.05, 0.1) is 15.7 Å². The quantitative estimate of drug-likeness (QED) is 0.724. The van der Waals surface area contributed by atoms with E-state index in [1.54, 1.807) is 0 Å². The van der Waals surface area contributed by atoms with E-state index >= 15 is 0 Å². The first kappa shape index (κ1) is 12.1. The summed E-state index contributed by atoms with van der Waals surface area (Å²) in [6.45, 7) is 11.1. The monoisotopic (exact) mass is 191 g/mol. The Morgan fingerprint density at radius 2 is 1.92 bits per heavy atom. The highest BCUT2D eigenvalue weighted by Gasteiger charge is 2.19. The number of nitrogens with one attached hydrogen (secondary N) is 1. The summed E-state index contributed by atoms with van der Waals surface area (Å²) in [6.07, 6.45) is 1.13. The van der Waals surface area contributed by atoms with Gasteiger partial charge in [-0.3, -0.25) is 0 Å². The number of rotatable bonds is 4. The fourth-order valence-electron chi connectivity index (χ4n) is 0.579. The third-order valence-electron chi connectivity index (χ3n) is 1.82. The molecule has 12 heavy (non-hydrogen) atoms. The molecule has 0 aliphatic heterocycles. The van der Waals surface area contributed by atoms with Crippen molar-refractivity contribution in [2.45, 2.75) is 45.8 Å². The van der Waals surface area contributed by atoms with Crippen LogP contribution in [0.25, 0.3) is 0 Å². The van der Waals surface area contributed by atoms with Gasteiger partial charge in [0.25, 0.3) is 0 Å². The molecule has 0 fully saturated rings. The van der Waals surface area contributed by atoms with Crippen LogP contribution in [0.15, 0.2) is 0 Å². The fraction of sp³-hybridized carbons (Fsp3) is 1.00. The molecular weight excluding hydrogens is 170 g/mol. The Bertz CT molecular complexity index is 151. The Morgan fingerprint density at radius 3 is 2.25 bits per heavy atom. The van der Waals surface area contributed by atoms with Crippen molar-refractivity contribution in [3.05, 3.63) is 0 Å². The Morgan fingerprint density at radius 1 is 1.42 bits per heavy atom. The van der Waals surface area contributed by atoms with Crippen molar-refractivity contribution >= 4 is 11.0 Å². The zero-order valence-corrected chi connectivity index (χ0v) is 9.62. The lowest BCUT2D eigenvalue weighted by Crippen LogP contribution is -2.35. The van der Waals surface area contributed by atoms with Crippen LogP contribution in [0.2, 0.25) is 0 Å². The molecule has 0 saturated carbocycles. The van der Waals surface area contributed by atoms with E-state index in [1.165, 1.54) is 0 Å². The van der Waals surface area contributed by atoms with Gasteiger partial charge in [-0.15, -0.1) is 0 Å². The van der Waals surface area contributed by atoms with E-state index in [2.05, 4.69) is 18.6 Å². The second-order valence-corrected chi connectivity index (χ2v) is 6.29. The largest absolute Gasteiger partial charge is 0.242 e. The van der Waals surface area contributed by atoms with Crippen LogP contribution >= 0.6 is 0 Å². The van der Waals surface area contributed by atoms with Crippen LogP contribution in [-0.4, -0.2) is 15.5 Å². The van der Waals surface area contributed by atoms with Gasteiger partial charge in [-0.05, 0) is 26.7 Å². The summed E-state index contributed by atoms with van der Waals surface area (Å²) in [5, 5.41) is 0. The zero-order valence-electron chi connectivity index (χ0n) is 8.81. The van der Waals surface area contributed by atoms with Crippen molar-refractivity contribution < 1.29 is 4.21 Å². The maximum absolute atomic E-state index is 11.5. The van der Waals surface area contributed by atoms with Crippen LogP contribution in [0.4, 0.5) is 0 Å². The molecule has 0 aromatic heterocycles. The number of hydrogen-bond donors (Lipinski definition) is 1. The molecule has 0 heterocycles. The normalized spacial score (nSPS) is 17.4. The molecule has 0 rings (SSSR count). The van der Waals surface area contributed by atoms with Crippen LogP contribution in [0.1, 0.15) is 41.0 Å². The van der Waals surface area contributed by atoms with E-state index in [0.717, 1.165) is 13.0 Å². The lowest BCUT2D eigenvalue weighted by Gasteiger charge is -2.19. The van der Waals surface area contributed by atoms with E-state index in [0.29, 0.717) is 5.92 Å². The maximum Gasteiger partial charge on any atom is 0.0970 e. The molecule has 0 aliphatic carbocycles. The molecule has 2 nitrogen and oxygen atoms in total. The van der Waals surface area contributed by atoms with Gasteiger partial charge in [0, 0.05) is 6.54 Å². The van der Waals surface area contributed by atoms with Crippen molar-refractivity contribution in [3.8, 4) is 0 Å². The molecule has 0 saturated heterocycles. The van der Waals surface area contributed by atoms with Gasteiger partial charge >= 0.3 is 0 Å². The third-order valence-corrected chi connectivity index (χ3v) is 3.36. The van der Waals surface area contributed by atoms with Crippen LogP contribution < -0.4 is 4.72 Å². The molecule has 0 radical (unpaired) electrons. The standard InChI is InChI=1S/C9H21NOS/c1-6-8(2)7-10-12(11)9(3,4)5/h8,10H,6-7H2,1-5H3. The summed E-state index contributed by atoms with van der Waals surface area (Å²) in [5.74, 6) is 0.608. The first-order chi connectivity index (χ1) is 5.38. The van der Waals surface area contributed by atoms with Gasteiger partial charge in [-0.25, -0.2) is 8.93 Å². The Kier molecular flexibility index (Phi) is 5.02. The average molecular weight is 191 g/mol. The molecule has 0 amide bonds. The molecule has 0 aromatic carbocycles. The molecule has 2 unspecified atom stereocenters. The molecule has 3 heteroatoms. The molecule has 1 N–H and O–H groups in total. The van der Waals surface area contributed by atoms with Gasteiger partial charge < -0.3 is 0 Å². The van der Waals surface area contributed by atoms with Crippen LogP contribution in [0.3, 0.4) is 0 Å². The third kappa shape index (κ3) is 4.88. The van der Waals surface area contributed by atoms with E-state index in [1.807, 2.05) is 20.8 Å². The van der Waals surface area contributed by atoms with Crippen LogP contribution in [-0.2, 0) is 11.0 Å². The van der Waals surface area contributed by atoms with Gasteiger partial charge in [0.2, 0.25) is 0 Å². The predicted octanol–water partition coefficient (Wildman–Crippen LogP) is 2.08. The summed E-state index contributed by atoms with van der Waals surface area (Å²) in [4.78, 5) is 0. The van der Waals surface area contributed by atoms with Crippen molar-refractivity contribution in [1.29, 1.82) is 0 Å². The molecule has 0 bridgehead atoms. The molecule has 0 aromatic rings. The molecule has 74 valence electrons. The van der Waals surface area contributed by atoms with Crippen molar-refractivity contribution in [1.82, 2.24) is 4.72 Å². The van der Waals surface area contributed by atoms with E-state index in [4.69, 9.17) is 0 Å². The lowest BCUT2D eigenvalue weighted by molar-refractivity contribution is 0.544. The number of hydrogen-bond acceptors (Lipinski definition) is 1. The van der Waals surface area contributed by atoms with Gasteiger partial charge in [0.15, 0.2) is 0 Å². The Balaban J connectivity index is 3.73. The van der Waals surface area contributed by atoms with E-state index in [9.17, 15) is 4.21 Å². The van der Waals surface area contributed by atoms with E-state index < -0.39 is 11.0 Å². The highest BCUT2D eigenvalue weighted by Crippen LogP contribution is 2.09. The highest BCUT2D eigenvalue weighted by atomic mass is 32.2. The Hall–Kier alpha value is 0.110. The summed E-state index contributed by atoms with van der Waals surface area (Å²) >= 11 is 0. The molecule has 0 aliphatic rings. The van der Waals surface area contributed by atoms with Gasteiger partial charge in [-0.2, -0.15) is 0 Å². The topological polar surface area (TPSA) is 29.1 Å². The molecule has 2 atom stereocenters.